The fraction of sp³-hybridized carbons (Fsp3) is 0.533. The van der Waals surface area contributed by atoms with Crippen molar-refractivity contribution in [3.05, 3.63) is 23.8 Å². The highest BCUT2D eigenvalue weighted by Gasteiger charge is 2.35. The van der Waals surface area contributed by atoms with Gasteiger partial charge in [0.25, 0.3) is 5.91 Å². The Morgan fingerprint density at radius 2 is 2.05 bits per heavy atom. The smallest absolute Gasteiger partial charge is 0.254 e. The first kappa shape index (κ1) is 14.2. The lowest BCUT2D eigenvalue weighted by atomic mass is 10.0. The molecule has 0 radical (unpaired) electrons. The number of benzene rings is 1. The first-order valence-corrected chi connectivity index (χ1v) is 7.23. The highest BCUT2D eigenvalue weighted by atomic mass is 16.5. The molecule has 0 aliphatic carbocycles. The predicted molar refractivity (Wildman–Crippen MR) is 79.5 cm³/mol. The van der Waals surface area contributed by atoms with Crippen molar-refractivity contribution in [1.82, 2.24) is 9.80 Å². The Balaban J connectivity index is 1.60. The third-order valence-electron chi connectivity index (χ3n) is 4.19. The molecular weight excluding hydrogens is 270 g/mol. The Kier molecular flexibility index (Phi) is 3.98. The molecule has 0 aromatic heterocycles. The quantitative estimate of drug-likeness (QED) is 0.818. The molecule has 2 fully saturated rings. The average Bonchev–Trinajstić information content (AvgIpc) is 2.47. The van der Waals surface area contributed by atoms with Crippen LogP contribution in [0.4, 0.5) is 5.69 Å². The average molecular weight is 291 g/mol. The zero-order chi connectivity index (χ0) is 14.8. The second-order valence-electron chi connectivity index (χ2n) is 5.47. The van der Waals surface area contributed by atoms with Crippen molar-refractivity contribution >= 4 is 11.6 Å². The summed E-state index contributed by atoms with van der Waals surface area (Å²) in [6.45, 7) is 5.07. The maximum Gasteiger partial charge on any atom is 0.254 e. The molecule has 0 bridgehead atoms. The summed E-state index contributed by atoms with van der Waals surface area (Å²) < 4.78 is 10.5. The van der Waals surface area contributed by atoms with E-state index in [1.165, 1.54) is 0 Å². The van der Waals surface area contributed by atoms with Crippen LogP contribution in [0.3, 0.4) is 0 Å². The van der Waals surface area contributed by atoms with Crippen molar-refractivity contribution in [2.75, 3.05) is 52.2 Å². The molecule has 0 atom stereocenters. The molecular formula is C15H21N3O3. The monoisotopic (exact) mass is 291 g/mol. The van der Waals surface area contributed by atoms with Gasteiger partial charge in [0.15, 0.2) is 0 Å². The van der Waals surface area contributed by atoms with E-state index in [1.54, 1.807) is 25.3 Å². The maximum atomic E-state index is 12.4. The largest absolute Gasteiger partial charge is 0.495 e. The molecule has 1 amide bonds. The first-order chi connectivity index (χ1) is 10.2. The predicted octanol–water partition coefficient (Wildman–Crippen LogP) is 0.434. The third kappa shape index (κ3) is 2.82. The van der Waals surface area contributed by atoms with Gasteiger partial charge in [0.2, 0.25) is 0 Å². The Morgan fingerprint density at radius 3 is 2.71 bits per heavy atom. The van der Waals surface area contributed by atoms with Gasteiger partial charge in [0, 0.05) is 37.8 Å². The molecule has 1 aromatic carbocycles. The van der Waals surface area contributed by atoms with Gasteiger partial charge < -0.3 is 20.1 Å². The number of methoxy groups -OCH3 is 1. The highest BCUT2D eigenvalue weighted by molar-refractivity contribution is 5.95. The lowest BCUT2D eigenvalue weighted by Gasteiger charge is -2.46. The van der Waals surface area contributed by atoms with Crippen LogP contribution in [0, 0.1) is 0 Å². The summed E-state index contributed by atoms with van der Waals surface area (Å²) >= 11 is 0. The van der Waals surface area contributed by atoms with Crippen molar-refractivity contribution < 1.29 is 14.3 Å². The van der Waals surface area contributed by atoms with E-state index in [0.29, 0.717) is 23.0 Å². The number of amides is 1. The van der Waals surface area contributed by atoms with Crippen LogP contribution in [-0.2, 0) is 4.74 Å². The fourth-order valence-electron chi connectivity index (χ4n) is 2.82. The van der Waals surface area contributed by atoms with Crippen LogP contribution in [0.5, 0.6) is 5.75 Å². The normalized spacial score (nSPS) is 20.1. The zero-order valence-electron chi connectivity index (χ0n) is 12.2. The van der Waals surface area contributed by atoms with Gasteiger partial charge in [-0.3, -0.25) is 9.69 Å². The Hall–Kier alpha value is -1.79. The lowest BCUT2D eigenvalue weighted by Crippen LogP contribution is -2.62. The third-order valence-corrected chi connectivity index (χ3v) is 4.19. The second kappa shape index (κ2) is 5.91. The molecule has 2 heterocycles. The number of carbonyl (C=O) groups is 1. The number of ether oxygens (including phenoxy) is 2. The van der Waals surface area contributed by atoms with Crippen LogP contribution in [0.2, 0.25) is 0 Å². The first-order valence-electron chi connectivity index (χ1n) is 7.23. The van der Waals surface area contributed by atoms with Gasteiger partial charge in [-0.25, -0.2) is 0 Å². The molecule has 2 N–H and O–H groups in total. The van der Waals surface area contributed by atoms with Crippen LogP contribution in [0.25, 0.3) is 0 Å². The van der Waals surface area contributed by atoms with Crippen molar-refractivity contribution in [2.45, 2.75) is 6.04 Å². The van der Waals surface area contributed by atoms with E-state index in [9.17, 15) is 4.79 Å². The van der Waals surface area contributed by atoms with E-state index in [4.69, 9.17) is 15.2 Å². The number of anilines is 1. The Morgan fingerprint density at radius 1 is 1.33 bits per heavy atom. The minimum Gasteiger partial charge on any atom is -0.495 e. The number of nitrogen functional groups attached to an aromatic ring is 1. The molecule has 2 saturated heterocycles. The van der Waals surface area contributed by atoms with Gasteiger partial charge in [-0.05, 0) is 18.2 Å². The van der Waals surface area contributed by atoms with Crippen LogP contribution in [0.15, 0.2) is 18.2 Å². The van der Waals surface area contributed by atoms with Crippen molar-refractivity contribution in [3.63, 3.8) is 0 Å². The van der Waals surface area contributed by atoms with Gasteiger partial charge in [0.05, 0.1) is 26.0 Å². The standard InChI is InChI=1S/C15H21N3O3/c1-20-14-8-11(2-3-13(14)16)15(19)18-9-12(10-18)17-4-6-21-7-5-17/h2-3,8,12H,4-7,9-10,16H2,1H3. The van der Waals surface area contributed by atoms with E-state index in [0.717, 1.165) is 39.4 Å². The molecule has 1 aromatic rings. The maximum absolute atomic E-state index is 12.4. The summed E-state index contributed by atoms with van der Waals surface area (Å²) in [5.74, 6) is 0.587. The summed E-state index contributed by atoms with van der Waals surface area (Å²) in [5, 5.41) is 0. The van der Waals surface area contributed by atoms with Crippen LogP contribution in [0.1, 0.15) is 10.4 Å². The second-order valence-corrected chi connectivity index (χ2v) is 5.47. The molecule has 2 aliphatic rings. The summed E-state index contributed by atoms with van der Waals surface area (Å²) in [6, 6.07) is 5.64. The molecule has 114 valence electrons. The van der Waals surface area contributed by atoms with Crippen molar-refractivity contribution in [2.24, 2.45) is 0 Å². The Labute approximate surface area is 124 Å². The van der Waals surface area contributed by atoms with Crippen LogP contribution < -0.4 is 10.5 Å². The molecule has 0 spiro atoms. The van der Waals surface area contributed by atoms with Gasteiger partial charge >= 0.3 is 0 Å². The molecule has 0 unspecified atom stereocenters. The molecule has 6 heteroatoms. The molecule has 21 heavy (non-hydrogen) atoms. The zero-order valence-corrected chi connectivity index (χ0v) is 12.2. The van der Waals surface area contributed by atoms with E-state index >= 15 is 0 Å². The molecule has 2 aliphatic heterocycles. The minimum atomic E-state index is 0.0396. The van der Waals surface area contributed by atoms with Crippen molar-refractivity contribution in [1.29, 1.82) is 0 Å². The number of hydrogen-bond donors (Lipinski definition) is 1. The number of likely N-dealkylation sites (tertiary alicyclic amines) is 1. The van der Waals surface area contributed by atoms with E-state index in [1.807, 2.05) is 4.90 Å². The number of hydrogen-bond acceptors (Lipinski definition) is 5. The molecule has 0 saturated carbocycles. The van der Waals surface area contributed by atoms with Gasteiger partial charge in [0.1, 0.15) is 5.75 Å². The number of carbonyl (C=O) groups excluding carboxylic acids is 1. The summed E-state index contributed by atoms with van der Waals surface area (Å²) in [4.78, 5) is 16.7. The summed E-state index contributed by atoms with van der Waals surface area (Å²) in [7, 11) is 1.55. The lowest BCUT2D eigenvalue weighted by molar-refractivity contribution is -0.0256. The van der Waals surface area contributed by atoms with Gasteiger partial charge in [-0.2, -0.15) is 0 Å². The van der Waals surface area contributed by atoms with Crippen LogP contribution >= 0.6 is 0 Å². The van der Waals surface area contributed by atoms with E-state index < -0.39 is 0 Å². The van der Waals surface area contributed by atoms with Crippen molar-refractivity contribution in [3.8, 4) is 5.75 Å². The highest BCUT2D eigenvalue weighted by Crippen LogP contribution is 2.25. The Bertz CT molecular complexity index is 523. The minimum absolute atomic E-state index is 0.0396. The van der Waals surface area contributed by atoms with Gasteiger partial charge in [-0.1, -0.05) is 0 Å². The SMILES string of the molecule is COc1cc(C(=O)N2CC(N3CCOCC3)C2)ccc1N. The summed E-state index contributed by atoms with van der Waals surface area (Å²) in [6.07, 6.45) is 0. The fourth-order valence-corrected chi connectivity index (χ4v) is 2.82. The summed E-state index contributed by atoms with van der Waals surface area (Å²) in [5.41, 5.74) is 6.95. The van der Waals surface area contributed by atoms with E-state index in [-0.39, 0.29) is 5.91 Å². The van der Waals surface area contributed by atoms with E-state index in [2.05, 4.69) is 4.90 Å². The topological polar surface area (TPSA) is 68.0 Å². The number of nitrogens with two attached hydrogens (primary N) is 1. The van der Waals surface area contributed by atoms with Crippen LogP contribution in [-0.4, -0.2) is 68.3 Å². The number of morpholine rings is 1. The molecule has 3 rings (SSSR count). The number of nitrogens with zero attached hydrogens (tertiary/aromatic N) is 2. The van der Waals surface area contributed by atoms with Gasteiger partial charge in [-0.15, -0.1) is 0 Å². The number of rotatable bonds is 3. The molecule has 6 nitrogen and oxygen atoms in total.